The van der Waals surface area contributed by atoms with Crippen molar-refractivity contribution in [2.75, 3.05) is 5.32 Å². The van der Waals surface area contributed by atoms with Crippen molar-refractivity contribution in [1.82, 2.24) is 24.5 Å². The fourth-order valence-electron chi connectivity index (χ4n) is 3.47. The highest BCUT2D eigenvalue weighted by Crippen LogP contribution is 2.29. The third kappa shape index (κ3) is 4.61. The predicted octanol–water partition coefficient (Wildman–Crippen LogP) is 3.31. The SMILES string of the molecule is Cc1cccc(C)c1NC(=O)Cn1cnc2c(nnn2Cc2cccc(C(F)(F)F)c2)c1=O. The number of alkyl halides is 3. The van der Waals surface area contributed by atoms with E-state index in [9.17, 15) is 22.8 Å². The molecule has 0 aliphatic heterocycles. The van der Waals surface area contributed by atoms with Gasteiger partial charge in [0.25, 0.3) is 5.56 Å². The average Bonchev–Trinajstić information content (AvgIpc) is 3.16. The molecule has 0 radical (unpaired) electrons. The van der Waals surface area contributed by atoms with E-state index >= 15 is 0 Å². The van der Waals surface area contributed by atoms with Gasteiger partial charge in [0.05, 0.1) is 12.1 Å². The van der Waals surface area contributed by atoms with E-state index in [1.165, 1.54) is 23.1 Å². The number of rotatable bonds is 5. The molecule has 0 aliphatic carbocycles. The quantitative estimate of drug-likeness (QED) is 0.497. The van der Waals surface area contributed by atoms with Gasteiger partial charge in [0.2, 0.25) is 5.91 Å². The van der Waals surface area contributed by atoms with Gasteiger partial charge in [0.1, 0.15) is 12.9 Å². The van der Waals surface area contributed by atoms with Crippen LogP contribution in [-0.4, -0.2) is 30.5 Å². The number of para-hydroxylation sites is 1. The molecule has 0 saturated carbocycles. The van der Waals surface area contributed by atoms with E-state index in [2.05, 4.69) is 20.6 Å². The van der Waals surface area contributed by atoms with Gasteiger partial charge in [0.15, 0.2) is 11.2 Å². The lowest BCUT2D eigenvalue weighted by Crippen LogP contribution is -2.28. The molecule has 1 amide bonds. The zero-order valence-corrected chi connectivity index (χ0v) is 17.7. The first kappa shape index (κ1) is 22.2. The molecule has 0 spiro atoms. The second kappa shape index (κ2) is 8.49. The van der Waals surface area contributed by atoms with Crippen molar-refractivity contribution in [3.05, 3.63) is 81.4 Å². The Morgan fingerprint density at radius 3 is 2.48 bits per heavy atom. The molecule has 0 saturated heterocycles. The van der Waals surface area contributed by atoms with E-state index in [4.69, 9.17) is 0 Å². The molecule has 0 atom stereocenters. The van der Waals surface area contributed by atoms with E-state index in [1.54, 1.807) is 0 Å². The Morgan fingerprint density at radius 2 is 1.79 bits per heavy atom. The van der Waals surface area contributed by atoms with Crippen LogP contribution >= 0.6 is 0 Å². The third-order valence-corrected chi connectivity index (χ3v) is 5.14. The number of nitrogens with one attached hydrogen (secondary N) is 1. The number of halogens is 3. The van der Waals surface area contributed by atoms with E-state index in [0.717, 1.165) is 27.8 Å². The standard InChI is InChI=1S/C22H19F3N6O2/c1-13-5-3-6-14(2)18(13)27-17(32)11-30-12-26-20-19(21(30)33)28-29-31(20)10-15-7-4-8-16(9-15)22(23,24)25/h3-9,12H,10-11H2,1-2H3,(H,27,32). The van der Waals surface area contributed by atoms with Crippen LogP contribution < -0.4 is 10.9 Å². The van der Waals surface area contributed by atoms with Gasteiger partial charge in [-0.15, -0.1) is 5.10 Å². The number of amides is 1. The van der Waals surface area contributed by atoms with Crippen LogP contribution in [0, 0.1) is 13.8 Å². The highest BCUT2D eigenvalue weighted by atomic mass is 19.4. The summed E-state index contributed by atoms with van der Waals surface area (Å²) >= 11 is 0. The second-order valence-electron chi connectivity index (χ2n) is 7.61. The summed E-state index contributed by atoms with van der Waals surface area (Å²) < 4.78 is 41.2. The summed E-state index contributed by atoms with van der Waals surface area (Å²) in [4.78, 5) is 29.4. The third-order valence-electron chi connectivity index (χ3n) is 5.14. The lowest BCUT2D eigenvalue weighted by Gasteiger charge is -2.12. The molecule has 1 N–H and O–H groups in total. The van der Waals surface area contributed by atoms with Crippen LogP contribution in [0.25, 0.3) is 11.2 Å². The zero-order chi connectivity index (χ0) is 23.8. The van der Waals surface area contributed by atoms with Crippen molar-refractivity contribution in [3.63, 3.8) is 0 Å². The fraction of sp³-hybridized carbons (Fsp3) is 0.227. The lowest BCUT2D eigenvalue weighted by atomic mass is 10.1. The molecule has 8 nitrogen and oxygen atoms in total. The number of fused-ring (bicyclic) bond motifs is 1. The summed E-state index contributed by atoms with van der Waals surface area (Å²) in [5, 5.41) is 10.5. The first-order valence-electron chi connectivity index (χ1n) is 9.94. The molecule has 0 fully saturated rings. The van der Waals surface area contributed by atoms with Crippen LogP contribution in [0.4, 0.5) is 18.9 Å². The number of carbonyl (C=O) groups is 1. The Hall–Kier alpha value is -4.02. The van der Waals surface area contributed by atoms with E-state index in [0.29, 0.717) is 11.3 Å². The molecule has 0 unspecified atom stereocenters. The average molecular weight is 456 g/mol. The van der Waals surface area contributed by atoms with Crippen molar-refractivity contribution < 1.29 is 18.0 Å². The van der Waals surface area contributed by atoms with E-state index in [-0.39, 0.29) is 24.3 Å². The van der Waals surface area contributed by atoms with Crippen LogP contribution in [0.5, 0.6) is 0 Å². The van der Waals surface area contributed by atoms with Crippen LogP contribution in [0.3, 0.4) is 0 Å². The Labute approximate surface area is 185 Å². The van der Waals surface area contributed by atoms with Gasteiger partial charge in [-0.3, -0.25) is 14.2 Å². The number of hydrogen-bond acceptors (Lipinski definition) is 5. The Balaban J connectivity index is 1.56. The molecule has 0 aliphatic rings. The van der Waals surface area contributed by atoms with Crippen LogP contribution in [0.15, 0.2) is 53.6 Å². The predicted molar refractivity (Wildman–Crippen MR) is 115 cm³/mol. The summed E-state index contributed by atoms with van der Waals surface area (Å²) in [5.74, 6) is -0.410. The first-order chi connectivity index (χ1) is 15.6. The molecule has 170 valence electrons. The minimum atomic E-state index is -4.47. The Morgan fingerprint density at radius 1 is 1.09 bits per heavy atom. The topological polar surface area (TPSA) is 94.7 Å². The monoisotopic (exact) mass is 456 g/mol. The van der Waals surface area contributed by atoms with E-state index in [1.807, 2.05) is 32.0 Å². The first-order valence-corrected chi connectivity index (χ1v) is 9.94. The highest BCUT2D eigenvalue weighted by Gasteiger charge is 2.30. The number of aryl methyl sites for hydroxylation is 2. The van der Waals surface area contributed by atoms with Gasteiger partial charge >= 0.3 is 6.18 Å². The molecular formula is C22H19F3N6O2. The smallest absolute Gasteiger partial charge is 0.324 e. The molecule has 0 bridgehead atoms. The Bertz CT molecular complexity index is 1390. The number of anilines is 1. The lowest BCUT2D eigenvalue weighted by molar-refractivity contribution is -0.137. The van der Waals surface area contributed by atoms with Gasteiger partial charge in [0, 0.05) is 5.69 Å². The van der Waals surface area contributed by atoms with Crippen LogP contribution in [0.2, 0.25) is 0 Å². The summed E-state index contributed by atoms with van der Waals surface area (Å²) in [6.45, 7) is 3.40. The maximum atomic E-state index is 13.0. The maximum Gasteiger partial charge on any atom is 0.416 e. The van der Waals surface area contributed by atoms with Gasteiger partial charge in [-0.2, -0.15) is 13.2 Å². The highest BCUT2D eigenvalue weighted by molar-refractivity contribution is 5.92. The van der Waals surface area contributed by atoms with Crippen molar-refractivity contribution >= 4 is 22.8 Å². The minimum absolute atomic E-state index is 0.0517. The molecule has 2 aromatic carbocycles. The Kier molecular flexibility index (Phi) is 5.71. The minimum Gasteiger partial charge on any atom is -0.324 e. The molecule has 4 rings (SSSR count). The number of benzene rings is 2. The molecule has 11 heteroatoms. The zero-order valence-electron chi connectivity index (χ0n) is 17.7. The fourth-order valence-corrected chi connectivity index (χ4v) is 3.47. The van der Waals surface area contributed by atoms with Gasteiger partial charge in [-0.25, -0.2) is 9.67 Å². The van der Waals surface area contributed by atoms with Crippen molar-refractivity contribution in [2.24, 2.45) is 0 Å². The number of nitrogens with zero attached hydrogens (tertiary/aromatic N) is 5. The normalized spacial score (nSPS) is 11.7. The number of hydrogen-bond donors (Lipinski definition) is 1. The van der Waals surface area contributed by atoms with Crippen molar-refractivity contribution in [3.8, 4) is 0 Å². The largest absolute Gasteiger partial charge is 0.416 e. The summed E-state index contributed by atoms with van der Waals surface area (Å²) in [5.41, 5.74) is 1.46. The van der Waals surface area contributed by atoms with Gasteiger partial charge in [-0.05, 0) is 42.7 Å². The molecule has 2 heterocycles. The van der Waals surface area contributed by atoms with Crippen LogP contribution in [-0.2, 0) is 24.1 Å². The van der Waals surface area contributed by atoms with Gasteiger partial charge in [-0.1, -0.05) is 35.5 Å². The van der Waals surface area contributed by atoms with Crippen molar-refractivity contribution in [2.45, 2.75) is 33.1 Å². The summed E-state index contributed by atoms with van der Waals surface area (Å²) in [6, 6.07) is 10.4. The second-order valence-corrected chi connectivity index (χ2v) is 7.61. The molecule has 33 heavy (non-hydrogen) atoms. The molecular weight excluding hydrogens is 437 g/mol. The molecule has 4 aromatic rings. The summed E-state index contributed by atoms with van der Waals surface area (Å²) in [6.07, 6.45) is -3.27. The van der Waals surface area contributed by atoms with Gasteiger partial charge < -0.3 is 5.32 Å². The van der Waals surface area contributed by atoms with Crippen molar-refractivity contribution in [1.29, 1.82) is 0 Å². The number of carbonyl (C=O) groups excluding carboxylic acids is 1. The summed E-state index contributed by atoms with van der Waals surface area (Å²) in [7, 11) is 0. The van der Waals surface area contributed by atoms with E-state index < -0.39 is 23.2 Å². The van der Waals surface area contributed by atoms with Crippen LogP contribution in [0.1, 0.15) is 22.3 Å². The maximum absolute atomic E-state index is 13.0. The molecule has 2 aromatic heterocycles. The number of aromatic nitrogens is 5.